The zero-order valence-electron chi connectivity index (χ0n) is 8.84. The number of hydrogen-bond donors (Lipinski definition) is 1. The lowest BCUT2D eigenvalue weighted by molar-refractivity contribution is 0.273. The first-order valence-corrected chi connectivity index (χ1v) is 5.35. The maximum absolute atomic E-state index is 9.11. The first-order valence-electron chi connectivity index (χ1n) is 4.97. The first kappa shape index (κ1) is 11.1. The normalized spacial score (nSPS) is 12.7. The fraction of sp³-hybridized carbons (Fsp3) is 0.273. The number of rotatable bonds is 3. The van der Waals surface area contributed by atoms with E-state index in [4.69, 9.17) is 16.7 Å². The van der Waals surface area contributed by atoms with Gasteiger partial charge in [-0.1, -0.05) is 24.6 Å². The van der Waals surface area contributed by atoms with Crippen molar-refractivity contribution in [2.75, 3.05) is 6.61 Å². The summed E-state index contributed by atoms with van der Waals surface area (Å²) in [7, 11) is 0. The molecule has 0 amide bonds. The van der Waals surface area contributed by atoms with Gasteiger partial charge in [0.1, 0.15) is 12.7 Å². The average molecular weight is 238 g/mol. The Bertz CT molecular complexity index is 470. The molecule has 1 N–H and O–H groups in total. The average Bonchev–Trinajstić information content (AvgIpc) is 2.82. The Hall–Kier alpha value is -1.39. The molecule has 0 saturated heterocycles. The predicted octanol–water partition coefficient (Wildman–Crippen LogP) is 2.02. The van der Waals surface area contributed by atoms with Crippen LogP contribution in [-0.4, -0.2) is 26.5 Å². The number of nitrogens with zero attached hydrogens (tertiary/aromatic N) is 3. The molecule has 5 heteroatoms. The topological polar surface area (TPSA) is 50.9 Å². The van der Waals surface area contributed by atoms with E-state index in [-0.39, 0.29) is 12.5 Å². The molecule has 84 valence electrons. The van der Waals surface area contributed by atoms with Crippen molar-refractivity contribution < 1.29 is 5.11 Å². The summed E-state index contributed by atoms with van der Waals surface area (Å²) in [6, 6.07) is 5.63. The molecule has 0 aliphatic heterocycles. The van der Waals surface area contributed by atoms with Gasteiger partial charge in [-0.15, -0.1) is 0 Å². The number of hydrogen-bond acceptors (Lipinski definition) is 3. The summed E-state index contributed by atoms with van der Waals surface area (Å²) < 4.78 is 1.61. The molecule has 1 aromatic heterocycles. The van der Waals surface area contributed by atoms with Gasteiger partial charge in [-0.3, -0.25) is 0 Å². The summed E-state index contributed by atoms with van der Waals surface area (Å²) in [6.45, 7) is 2.06. The third-order valence-electron chi connectivity index (χ3n) is 2.48. The summed E-state index contributed by atoms with van der Waals surface area (Å²) in [5.74, 6) is 0.0829. The van der Waals surface area contributed by atoms with Crippen LogP contribution < -0.4 is 0 Å². The van der Waals surface area contributed by atoms with Gasteiger partial charge >= 0.3 is 0 Å². The highest BCUT2D eigenvalue weighted by Crippen LogP contribution is 2.24. The van der Waals surface area contributed by atoms with Crippen LogP contribution in [0.2, 0.25) is 5.02 Å². The quantitative estimate of drug-likeness (QED) is 0.889. The van der Waals surface area contributed by atoms with Crippen LogP contribution in [0.4, 0.5) is 0 Å². The van der Waals surface area contributed by atoms with E-state index < -0.39 is 0 Å². The van der Waals surface area contributed by atoms with Crippen LogP contribution in [0, 0.1) is 0 Å². The highest BCUT2D eigenvalue weighted by molar-refractivity contribution is 6.32. The summed E-state index contributed by atoms with van der Waals surface area (Å²) >= 11 is 6.08. The lowest BCUT2D eigenvalue weighted by Gasteiger charge is -2.11. The Balaban J connectivity index is 2.45. The molecule has 1 heterocycles. The van der Waals surface area contributed by atoms with E-state index in [1.54, 1.807) is 17.1 Å². The van der Waals surface area contributed by atoms with Gasteiger partial charge in [0.2, 0.25) is 0 Å². The van der Waals surface area contributed by atoms with E-state index in [0.29, 0.717) is 5.02 Å². The van der Waals surface area contributed by atoms with Crippen molar-refractivity contribution in [2.45, 2.75) is 12.8 Å². The van der Waals surface area contributed by atoms with Gasteiger partial charge in [-0.05, 0) is 17.7 Å². The maximum Gasteiger partial charge on any atom is 0.138 e. The van der Waals surface area contributed by atoms with Crippen LogP contribution in [0.1, 0.15) is 18.4 Å². The Labute approximate surface area is 98.5 Å². The highest BCUT2D eigenvalue weighted by atomic mass is 35.5. The second-order valence-electron chi connectivity index (χ2n) is 3.63. The molecule has 0 unspecified atom stereocenters. The number of aromatic nitrogens is 3. The molecule has 16 heavy (non-hydrogen) atoms. The standard InChI is InChI=1S/C11H12ClN3O/c1-8(5-16)9-2-3-10(12)11(4-9)15-7-13-6-14-15/h2-4,6-8,16H,5H2,1H3/t8-/m1/s1. The molecule has 0 aliphatic rings. The number of aliphatic hydroxyl groups is 1. The van der Waals surface area contributed by atoms with Crippen molar-refractivity contribution in [1.29, 1.82) is 0 Å². The first-order chi connectivity index (χ1) is 7.72. The number of benzene rings is 1. The largest absolute Gasteiger partial charge is 0.396 e. The van der Waals surface area contributed by atoms with Crippen LogP contribution in [0.5, 0.6) is 0 Å². The minimum Gasteiger partial charge on any atom is -0.396 e. The van der Waals surface area contributed by atoms with E-state index in [9.17, 15) is 0 Å². The molecule has 2 rings (SSSR count). The number of aliphatic hydroxyl groups excluding tert-OH is 1. The van der Waals surface area contributed by atoms with Crippen LogP contribution in [0.15, 0.2) is 30.9 Å². The van der Waals surface area contributed by atoms with E-state index in [2.05, 4.69) is 10.1 Å². The second-order valence-corrected chi connectivity index (χ2v) is 4.04. The van der Waals surface area contributed by atoms with Gasteiger partial charge in [-0.25, -0.2) is 9.67 Å². The summed E-state index contributed by atoms with van der Waals surface area (Å²) in [5.41, 5.74) is 1.80. The predicted molar refractivity (Wildman–Crippen MR) is 61.9 cm³/mol. The lowest BCUT2D eigenvalue weighted by Crippen LogP contribution is -2.02. The van der Waals surface area contributed by atoms with E-state index in [1.165, 1.54) is 6.33 Å². The van der Waals surface area contributed by atoms with E-state index in [0.717, 1.165) is 11.3 Å². The summed E-state index contributed by atoms with van der Waals surface area (Å²) in [6.07, 6.45) is 3.05. The zero-order valence-corrected chi connectivity index (χ0v) is 9.59. The second kappa shape index (κ2) is 4.63. The Kier molecular flexibility index (Phi) is 3.22. The fourth-order valence-corrected chi connectivity index (χ4v) is 1.65. The maximum atomic E-state index is 9.11. The van der Waals surface area contributed by atoms with Crippen LogP contribution in [0.3, 0.4) is 0 Å². The molecule has 2 aromatic rings. The molecule has 0 saturated carbocycles. The molecular weight excluding hydrogens is 226 g/mol. The molecule has 1 atom stereocenters. The van der Waals surface area contributed by atoms with Gasteiger partial charge in [0.15, 0.2) is 0 Å². The zero-order chi connectivity index (χ0) is 11.5. The van der Waals surface area contributed by atoms with Crippen LogP contribution in [0.25, 0.3) is 5.69 Å². The van der Waals surface area contributed by atoms with Crippen molar-refractivity contribution in [2.24, 2.45) is 0 Å². The summed E-state index contributed by atoms with van der Waals surface area (Å²) in [4.78, 5) is 3.88. The van der Waals surface area contributed by atoms with Crippen molar-refractivity contribution in [3.8, 4) is 5.69 Å². The van der Waals surface area contributed by atoms with Crippen LogP contribution >= 0.6 is 11.6 Å². The smallest absolute Gasteiger partial charge is 0.138 e. The van der Waals surface area contributed by atoms with E-state index >= 15 is 0 Å². The molecule has 0 aliphatic carbocycles. The third kappa shape index (κ3) is 2.08. The van der Waals surface area contributed by atoms with Gasteiger partial charge in [0.25, 0.3) is 0 Å². The Morgan fingerprint density at radius 3 is 2.94 bits per heavy atom. The fourth-order valence-electron chi connectivity index (χ4n) is 1.45. The van der Waals surface area contributed by atoms with Crippen molar-refractivity contribution in [3.63, 3.8) is 0 Å². The van der Waals surface area contributed by atoms with Crippen LogP contribution in [-0.2, 0) is 0 Å². The molecule has 0 bridgehead atoms. The molecule has 0 spiro atoms. The molecule has 1 aromatic carbocycles. The molecule has 0 fully saturated rings. The van der Waals surface area contributed by atoms with Crippen molar-refractivity contribution in [1.82, 2.24) is 14.8 Å². The Morgan fingerprint density at radius 2 is 2.31 bits per heavy atom. The van der Waals surface area contributed by atoms with Gasteiger partial charge in [0.05, 0.1) is 10.7 Å². The van der Waals surface area contributed by atoms with Crippen molar-refractivity contribution >= 4 is 11.6 Å². The minimum atomic E-state index is 0.0829. The highest BCUT2D eigenvalue weighted by Gasteiger charge is 2.09. The van der Waals surface area contributed by atoms with Gasteiger partial charge in [-0.2, -0.15) is 5.10 Å². The minimum absolute atomic E-state index is 0.0829. The molecule has 4 nitrogen and oxygen atoms in total. The van der Waals surface area contributed by atoms with Crippen molar-refractivity contribution in [3.05, 3.63) is 41.4 Å². The van der Waals surface area contributed by atoms with Gasteiger partial charge < -0.3 is 5.11 Å². The number of halogens is 1. The SMILES string of the molecule is C[C@H](CO)c1ccc(Cl)c(-n2cncn2)c1. The van der Waals surface area contributed by atoms with E-state index in [1.807, 2.05) is 19.1 Å². The third-order valence-corrected chi connectivity index (χ3v) is 2.80. The molecular formula is C11H12ClN3O. The Morgan fingerprint density at radius 1 is 1.50 bits per heavy atom. The summed E-state index contributed by atoms with van der Waals surface area (Å²) in [5, 5.41) is 13.8. The monoisotopic (exact) mass is 237 g/mol. The van der Waals surface area contributed by atoms with Gasteiger partial charge in [0, 0.05) is 12.5 Å². The molecule has 0 radical (unpaired) electrons. The lowest BCUT2D eigenvalue weighted by atomic mass is 10.0.